The monoisotopic (exact) mass is 609 g/mol. The molecule has 5 atom stereocenters. The molecule has 0 radical (unpaired) electrons. The molecule has 44 heavy (non-hydrogen) atoms. The average Bonchev–Trinajstić information content (AvgIpc) is 2.99. The Morgan fingerprint density at radius 3 is 2.09 bits per heavy atom. The van der Waals surface area contributed by atoms with Gasteiger partial charge in [-0.05, 0) is 36.3 Å². The number of nitrogens with one attached hydrogen (secondary N) is 3. The van der Waals surface area contributed by atoms with Crippen molar-refractivity contribution in [2.45, 2.75) is 69.7 Å². The van der Waals surface area contributed by atoms with Crippen LogP contribution < -0.4 is 27.4 Å². The number of hydrogen-bond donors (Lipinski definition) is 7. The van der Waals surface area contributed by atoms with Crippen LogP contribution in [0.4, 0.5) is 4.79 Å². The summed E-state index contributed by atoms with van der Waals surface area (Å²) in [5.74, 6) is -2.67. The van der Waals surface area contributed by atoms with Crippen molar-refractivity contribution in [1.29, 1.82) is 0 Å². The molecule has 9 N–H and O–H groups in total. The normalized spacial score (nSPS) is 17.3. The quantitative estimate of drug-likeness (QED) is 0.149. The predicted molar refractivity (Wildman–Crippen MR) is 165 cm³/mol. The summed E-state index contributed by atoms with van der Waals surface area (Å²) in [5.41, 5.74) is 13.3. The van der Waals surface area contributed by atoms with Crippen LogP contribution in [0, 0.1) is 5.92 Å². The number of guanidine groups is 1. The fourth-order valence-electron chi connectivity index (χ4n) is 5.31. The van der Waals surface area contributed by atoms with Gasteiger partial charge in [0, 0.05) is 13.0 Å². The van der Waals surface area contributed by atoms with Crippen molar-refractivity contribution in [3.8, 4) is 0 Å². The van der Waals surface area contributed by atoms with Crippen LogP contribution in [0.2, 0.25) is 0 Å². The van der Waals surface area contributed by atoms with E-state index in [0.29, 0.717) is 12.0 Å². The highest BCUT2D eigenvalue weighted by Gasteiger charge is 2.42. The number of carboxylic acid groups (broad SMARTS) is 1. The van der Waals surface area contributed by atoms with Gasteiger partial charge in [0.25, 0.3) is 0 Å². The number of nitrogens with zero attached hydrogens (tertiary/aromatic N) is 2. The predicted octanol–water partition coefficient (Wildman–Crippen LogP) is 0.359. The summed E-state index contributed by atoms with van der Waals surface area (Å²) in [5, 5.41) is 28.4. The molecular weight excluding hydrogens is 566 g/mol. The standard InChI is InChI=1S/C31H43N7O6/c1-19(2)15-25(27(32)40)38(22(18-39)16-20-9-5-3-6-10-20)28(41)26(23-13-14-34-30(33)35-23)37-31(44)36-24(29(42)43)17-21-11-7-4-8-12-21/h3-12,19,22-26,39H,13-18H2,1-2H3,(H2,32,40)(H,42,43)(H3,33,34,35)(H2,36,37,44)/t22?,23?,24?,25-,26-/m0/s1. The van der Waals surface area contributed by atoms with Crippen LogP contribution in [-0.4, -0.2) is 88.2 Å². The number of primary amides is 1. The third kappa shape index (κ3) is 9.69. The fourth-order valence-corrected chi connectivity index (χ4v) is 5.31. The summed E-state index contributed by atoms with van der Waals surface area (Å²) in [6, 6.07) is 11.7. The van der Waals surface area contributed by atoms with Gasteiger partial charge in [0.1, 0.15) is 18.1 Å². The Labute approximate surface area is 257 Å². The molecule has 2 aromatic carbocycles. The lowest BCUT2D eigenvalue weighted by molar-refractivity contribution is -0.146. The molecular formula is C31H43N7O6. The maximum Gasteiger partial charge on any atom is 0.326 e. The minimum Gasteiger partial charge on any atom is -0.480 e. The number of aliphatic hydroxyl groups excluding tert-OH is 1. The van der Waals surface area contributed by atoms with E-state index in [1.165, 1.54) is 4.90 Å². The first kappa shape index (κ1) is 33.8. The minimum atomic E-state index is -1.32. The van der Waals surface area contributed by atoms with Crippen molar-refractivity contribution in [3.63, 3.8) is 0 Å². The lowest BCUT2D eigenvalue weighted by atomic mass is 9.94. The van der Waals surface area contributed by atoms with Gasteiger partial charge in [0.15, 0.2) is 5.96 Å². The summed E-state index contributed by atoms with van der Waals surface area (Å²) >= 11 is 0. The van der Waals surface area contributed by atoms with Gasteiger partial charge in [0.2, 0.25) is 11.8 Å². The maximum absolute atomic E-state index is 14.5. The number of aliphatic imine (C=N–C) groups is 1. The number of carboxylic acids is 1. The Kier molecular flexibility index (Phi) is 12.5. The van der Waals surface area contributed by atoms with Crippen molar-refractivity contribution in [1.82, 2.24) is 20.9 Å². The number of aliphatic carboxylic acids is 1. The number of rotatable bonds is 15. The van der Waals surface area contributed by atoms with Crippen molar-refractivity contribution >= 4 is 29.8 Å². The van der Waals surface area contributed by atoms with E-state index in [2.05, 4.69) is 20.9 Å². The number of benzene rings is 2. The number of carbonyl (C=O) groups is 4. The van der Waals surface area contributed by atoms with Crippen LogP contribution in [0.25, 0.3) is 0 Å². The Balaban J connectivity index is 1.97. The highest BCUT2D eigenvalue weighted by atomic mass is 16.4. The molecule has 4 amide bonds. The summed E-state index contributed by atoms with van der Waals surface area (Å²) in [6.07, 6.45) is 0.734. The second-order valence-electron chi connectivity index (χ2n) is 11.3. The number of carbonyl (C=O) groups excluding carboxylic acids is 3. The lowest BCUT2D eigenvalue weighted by Gasteiger charge is -2.41. The van der Waals surface area contributed by atoms with Gasteiger partial charge in [-0.1, -0.05) is 74.5 Å². The molecule has 1 aliphatic heterocycles. The molecule has 0 saturated heterocycles. The van der Waals surface area contributed by atoms with E-state index in [-0.39, 0.29) is 37.7 Å². The van der Waals surface area contributed by atoms with Gasteiger partial charge >= 0.3 is 12.0 Å². The summed E-state index contributed by atoms with van der Waals surface area (Å²) in [7, 11) is 0. The van der Waals surface area contributed by atoms with Gasteiger partial charge in [-0.3, -0.25) is 14.6 Å². The van der Waals surface area contributed by atoms with E-state index in [1.807, 2.05) is 44.2 Å². The third-order valence-electron chi connectivity index (χ3n) is 7.43. The van der Waals surface area contributed by atoms with Crippen LogP contribution in [0.15, 0.2) is 65.7 Å². The molecule has 2 aromatic rings. The zero-order chi connectivity index (χ0) is 32.2. The van der Waals surface area contributed by atoms with Gasteiger partial charge < -0.3 is 42.5 Å². The molecule has 0 aromatic heterocycles. The highest BCUT2D eigenvalue weighted by molar-refractivity contribution is 5.93. The van der Waals surface area contributed by atoms with Crippen molar-refractivity contribution in [3.05, 3.63) is 71.8 Å². The topological polar surface area (TPSA) is 212 Å². The third-order valence-corrected chi connectivity index (χ3v) is 7.43. The SMILES string of the molecule is CC(C)C[C@@H](C(N)=O)N(C(=O)[C@@H](NC(=O)NC(Cc1ccccc1)C(=O)O)C1CCN=C(N)N1)C(CO)Cc1ccccc1. The van der Waals surface area contributed by atoms with Crippen molar-refractivity contribution in [2.75, 3.05) is 13.2 Å². The molecule has 0 aliphatic carbocycles. The first-order chi connectivity index (χ1) is 21.0. The van der Waals surface area contributed by atoms with E-state index in [9.17, 15) is 29.4 Å². The number of aliphatic hydroxyl groups is 1. The molecule has 0 saturated carbocycles. The summed E-state index contributed by atoms with van der Waals surface area (Å²) < 4.78 is 0. The van der Waals surface area contributed by atoms with E-state index < -0.39 is 60.6 Å². The van der Waals surface area contributed by atoms with Crippen LogP contribution in [0.1, 0.15) is 37.8 Å². The fraction of sp³-hybridized carbons (Fsp3) is 0.452. The van der Waals surface area contributed by atoms with E-state index in [1.54, 1.807) is 30.3 Å². The average molecular weight is 610 g/mol. The smallest absolute Gasteiger partial charge is 0.326 e. The number of nitrogens with two attached hydrogens (primary N) is 2. The molecule has 3 unspecified atom stereocenters. The summed E-state index contributed by atoms with van der Waals surface area (Å²) in [4.78, 5) is 58.1. The van der Waals surface area contributed by atoms with Gasteiger partial charge in [-0.15, -0.1) is 0 Å². The van der Waals surface area contributed by atoms with Crippen LogP contribution in [0.3, 0.4) is 0 Å². The van der Waals surface area contributed by atoms with Crippen LogP contribution in [0.5, 0.6) is 0 Å². The van der Waals surface area contributed by atoms with E-state index >= 15 is 0 Å². The van der Waals surface area contributed by atoms with Crippen molar-refractivity contribution in [2.24, 2.45) is 22.4 Å². The zero-order valence-electron chi connectivity index (χ0n) is 25.1. The number of hydrogen-bond acceptors (Lipinski definition) is 8. The lowest BCUT2D eigenvalue weighted by Crippen LogP contribution is -2.67. The molecule has 13 nitrogen and oxygen atoms in total. The first-order valence-corrected chi connectivity index (χ1v) is 14.7. The molecule has 3 rings (SSSR count). The maximum atomic E-state index is 14.5. The second kappa shape index (κ2) is 16.3. The van der Waals surface area contributed by atoms with Gasteiger partial charge in [-0.2, -0.15) is 0 Å². The second-order valence-corrected chi connectivity index (χ2v) is 11.3. The highest BCUT2D eigenvalue weighted by Crippen LogP contribution is 2.21. The van der Waals surface area contributed by atoms with E-state index in [0.717, 1.165) is 5.56 Å². The molecule has 1 heterocycles. The van der Waals surface area contributed by atoms with Gasteiger partial charge in [0.05, 0.1) is 18.7 Å². The molecule has 238 valence electrons. The summed E-state index contributed by atoms with van der Waals surface area (Å²) in [6.45, 7) is 3.54. The number of amides is 4. The van der Waals surface area contributed by atoms with Crippen molar-refractivity contribution < 1.29 is 29.4 Å². The molecule has 0 bridgehead atoms. The molecule has 13 heteroatoms. The first-order valence-electron chi connectivity index (χ1n) is 14.7. The van der Waals surface area contributed by atoms with Crippen LogP contribution >= 0.6 is 0 Å². The Hall–Kier alpha value is -4.65. The molecule has 0 spiro atoms. The Bertz CT molecular complexity index is 1290. The largest absolute Gasteiger partial charge is 0.480 e. The Morgan fingerprint density at radius 2 is 1.59 bits per heavy atom. The molecule has 1 aliphatic rings. The zero-order valence-corrected chi connectivity index (χ0v) is 25.1. The molecule has 0 fully saturated rings. The Morgan fingerprint density at radius 1 is 1.00 bits per heavy atom. The van der Waals surface area contributed by atoms with E-state index in [4.69, 9.17) is 11.5 Å². The van der Waals surface area contributed by atoms with Crippen LogP contribution in [-0.2, 0) is 27.2 Å². The minimum absolute atomic E-state index is 0.0113. The number of urea groups is 1. The van der Waals surface area contributed by atoms with Gasteiger partial charge in [-0.25, -0.2) is 9.59 Å².